The lowest BCUT2D eigenvalue weighted by atomic mass is 9.86. The van der Waals surface area contributed by atoms with Crippen molar-refractivity contribution in [1.29, 1.82) is 0 Å². The standard InChI is InChI=1S/C18H30N2/c1-4-17(19)15-20-18(3)14-12-10-8-6-5-7-9-11-13-16(18)2/h5-6,11-17H,4,7-10,19H2,1-3H3/b6-5-,13-11-,14-12-,20-15-. The molecule has 0 saturated heterocycles. The Balaban J connectivity index is 2.89. The molecule has 0 saturated carbocycles. The molecule has 1 rings (SSSR count). The minimum absolute atomic E-state index is 0.0562. The van der Waals surface area contributed by atoms with Gasteiger partial charge in [0, 0.05) is 18.2 Å². The molecule has 0 fully saturated rings. The van der Waals surface area contributed by atoms with Crippen molar-refractivity contribution < 1.29 is 0 Å². The lowest BCUT2D eigenvalue weighted by Gasteiger charge is -2.27. The smallest absolute Gasteiger partial charge is 0.0816 e. The first-order valence-electron chi connectivity index (χ1n) is 7.88. The van der Waals surface area contributed by atoms with Crippen molar-refractivity contribution in [3.05, 3.63) is 36.5 Å². The first-order valence-corrected chi connectivity index (χ1v) is 7.88. The summed E-state index contributed by atoms with van der Waals surface area (Å²) in [6, 6.07) is 0.0562. The van der Waals surface area contributed by atoms with Gasteiger partial charge in [0.2, 0.25) is 0 Å². The summed E-state index contributed by atoms with van der Waals surface area (Å²) >= 11 is 0. The highest BCUT2D eigenvalue weighted by atomic mass is 14.9. The highest BCUT2D eigenvalue weighted by molar-refractivity contribution is 5.64. The molecule has 0 aromatic carbocycles. The van der Waals surface area contributed by atoms with Crippen LogP contribution in [0.3, 0.4) is 0 Å². The van der Waals surface area contributed by atoms with Gasteiger partial charge in [-0.1, -0.05) is 50.3 Å². The first kappa shape index (κ1) is 16.9. The molecule has 0 spiro atoms. The van der Waals surface area contributed by atoms with Gasteiger partial charge in [0.25, 0.3) is 0 Å². The van der Waals surface area contributed by atoms with E-state index in [0.29, 0.717) is 5.92 Å². The van der Waals surface area contributed by atoms with Gasteiger partial charge in [-0.3, -0.25) is 4.99 Å². The second kappa shape index (κ2) is 8.91. The second-order valence-electron chi connectivity index (χ2n) is 5.82. The molecule has 1 aliphatic carbocycles. The quantitative estimate of drug-likeness (QED) is 0.600. The Morgan fingerprint density at radius 1 is 1.20 bits per heavy atom. The molecule has 0 radical (unpaired) electrons. The monoisotopic (exact) mass is 274 g/mol. The van der Waals surface area contributed by atoms with Crippen LogP contribution in [-0.4, -0.2) is 17.8 Å². The average molecular weight is 274 g/mol. The normalized spacial score (nSPS) is 34.9. The van der Waals surface area contributed by atoms with E-state index in [9.17, 15) is 0 Å². The third-order valence-corrected chi connectivity index (χ3v) is 3.98. The highest BCUT2D eigenvalue weighted by Crippen LogP contribution is 2.26. The van der Waals surface area contributed by atoms with E-state index in [2.05, 4.69) is 57.2 Å². The van der Waals surface area contributed by atoms with Gasteiger partial charge in [0.1, 0.15) is 0 Å². The molecule has 1 aliphatic rings. The Hall–Kier alpha value is -1.15. The van der Waals surface area contributed by atoms with Crippen LogP contribution in [-0.2, 0) is 0 Å². The minimum Gasteiger partial charge on any atom is -0.323 e. The van der Waals surface area contributed by atoms with Crippen LogP contribution in [0.25, 0.3) is 0 Å². The van der Waals surface area contributed by atoms with Gasteiger partial charge in [-0.05, 0) is 39.0 Å². The molecule has 0 heterocycles. The fourth-order valence-corrected chi connectivity index (χ4v) is 2.11. The Kier molecular flexibility index (Phi) is 7.53. The average Bonchev–Trinajstić information content (AvgIpc) is 2.45. The van der Waals surface area contributed by atoms with Gasteiger partial charge in [0.15, 0.2) is 0 Å². The molecule has 2 nitrogen and oxygen atoms in total. The van der Waals surface area contributed by atoms with Crippen molar-refractivity contribution in [3.63, 3.8) is 0 Å². The summed E-state index contributed by atoms with van der Waals surface area (Å²) in [5.74, 6) is 0.377. The molecule has 3 atom stereocenters. The van der Waals surface area contributed by atoms with E-state index >= 15 is 0 Å². The molecule has 0 bridgehead atoms. The number of nitrogens with zero attached hydrogens (tertiary/aromatic N) is 1. The van der Waals surface area contributed by atoms with Crippen molar-refractivity contribution in [3.8, 4) is 0 Å². The van der Waals surface area contributed by atoms with Gasteiger partial charge in [-0.2, -0.15) is 0 Å². The number of allylic oxidation sites excluding steroid dienone is 4. The molecule has 0 aromatic rings. The van der Waals surface area contributed by atoms with Crippen LogP contribution < -0.4 is 5.73 Å². The number of aliphatic imine (C=N–C) groups is 1. The fraction of sp³-hybridized carbons (Fsp3) is 0.611. The number of hydrogen-bond donors (Lipinski definition) is 1. The summed E-state index contributed by atoms with van der Waals surface area (Å²) in [5.41, 5.74) is 5.78. The Morgan fingerprint density at radius 3 is 2.45 bits per heavy atom. The topological polar surface area (TPSA) is 38.4 Å². The predicted molar refractivity (Wildman–Crippen MR) is 90.2 cm³/mol. The Labute approximate surface area is 124 Å². The van der Waals surface area contributed by atoms with Crippen LogP contribution in [0.5, 0.6) is 0 Å². The molecular formula is C18H30N2. The summed E-state index contributed by atoms with van der Waals surface area (Å²) in [7, 11) is 0. The van der Waals surface area contributed by atoms with Crippen LogP contribution in [0, 0.1) is 5.92 Å². The summed E-state index contributed by atoms with van der Waals surface area (Å²) in [6.07, 6.45) is 20.9. The van der Waals surface area contributed by atoms with Crippen molar-refractivity contribution in [2.75, 3.05) is 0 Å². The molecular weight excluding hydrogens is 244 g/mol. The Morgan fingerprint density at radius 2 is 1.80 bits per heavy atom. The second-order valence-corrected chi connectivity index (χ2v) is 5.82. The van der Waals surface area contributed by atoms with E-state index in [1.165, 1.54) is 0 Å². The molecule has 112 valence electrons. The third kappa shape index (κ3) is 5.87. The molecule has 0 aromatic heterocycles. The number of nitrogens with two attached hydrogens (primary N) is 1. The summed E-state index contributed by atoms with van der Waals surface area (Å²) < 4.78 is 0. The minimum atomic E-state index is -0.188. The van der Waals surface area contributed by atoms with Gasteiger partial charge in [-0.15, -0.1) is 0 Å². The van der Waals surface area contributed by atoms with Gasteiger partial charge < -0.3 is 5.73 Å². The van der Waals surface area contributed by atoms with Gasteiger partial charge in [0.05, 0.1) is 5.54 Å². The predicted octanol–water partition coefficient (Wildman–Crippen LogP) is 4.43. The maximum Gasteiger partial charge on any atom is 0.0816 e. The van der Waals surface area contributed by atoms with E-state index in [0.717, 1.165) is 32.1 Å². The molecule has 0 amide bonds. The van der Waals surface area contributed by atoms with Crippen molar-refractivity contribution in [1.82, 2.24) is 0 Å². The van der Waals surface area contributed by atoms with Crippen LogP contribution >= 0.6 is 0 Å². The Bertz CT molecular complexity index is 379. The lowest BCUT2D eigenvalue weighted by Crippen LogP contribution is -2.30. The number of rotatable bonds is 3. The molecule has 2 heteroatoms. The van der Waals surface area contributed by atoms with Crippen LogP contribution in [0.15, 0.2) is 41.4 Å². The summed E-state index contributed by atoms with van der Waals surface area (Å²) in [4.78, 5) is 4.79. The van der Waals surface area contributed by atoms with Gasteiger partial charge >= 0.3 is 0 Å². The van der Waals surface area contributed by atoms with Gasteiger partial charge in [-0.25, -0.2) is 0 Å². The van der Waals surface area contributed by atoms with E-state index in [4.69, 9.17) is 10.7 Å². The maximum atomic E-state index is 5.97. The van der Waals surface area contributed by atoms with Crippen molar-refractivity contribution >= 4 is 6.21 Å². The zero-order valence-electron chi connectivity index (χ0n) is 13.3. The lowest BCUT2D eigenvalue weighted by molar-refractivity contribution is 0.461. The summed E-state index contributed by atoms with van der Waals surface area (Å²) in [6.45, 7) is 6.52. The molecule has 20 heavy (non-hydrogen) atoms. The van der Waals surface area contributed by atoms with Crippen LogP contribution in [0.4, 0.5) is 0 Å². The zero-order chi connectivity index (χ0) is 14.8. The zero-order valence-corrected chi connectivity index (χ0v) is 13.3. The molecule has 2 N–H and O–H groups in total. The van der Waals surface area contributed by atoms with E-state index in [1.54, 1.807) is 0 Å². The first-order chi connectivity index (χ1) is 9.58. The van der Waals surface area contributed by atoms with Crippen molar-refractivity contribution in [2.45, 2.75) is 64.5 Å². The fourth-order valence-electron chi connectivity index (χ4n) is 2.11. The SMILES string of the molecule is CCC(N)/C=N\C1(C)/C=C\CC/C=C\CC/C=C\C1C. The highest BCUT2D eigenvalue weighted by Gasteiger charge is 2.25. The maximum absolute atomic E-state index is 5.97. The van der Waals surface area contributed by atoms with Crippen molar-refractivity contribution in [2.24, 2.45) is 16.6 Å². The van der Waals surface area contributed by atoms with E-state index < -0.39 is 0 Å². The molecule has 3 unspecified atom stereocenters. The van der Waals surface area contributed by atoms with Crippen LogP contribution in [0.2, 0.25) is 0 Å². The molecule has 0 aliphatic heterocycles. The van der Waals surface area contributed by atoms with E-state index in [1.807, 2.05) is 6.21 Å². The number of hydrogen-bond acceptors (Lipinski definition) is 2. The third-order valence-electron chi connectivity index (χ3n) is 3.98. The van der Waals surface area contributed by atoms with Crippen LogP contribution in [0.1, 0.15) is 52.9 Å². The largest absolute Gasteiger partial charge is 0.323 e. The van der Waals surface area contributed by atoms with E-state index in [-0.39, 0.29) is 11.6 Å². The summed E-state index contributed by atoms with van der Waals surface area (Å²) in [5, 5.41) is 0.